The Bertz CT molecular complexity index is 1410. The van der Waals surface area contributed by atoms with Gasteiger partial charge in [-0.3, -0.25) is 9.78 Å². The highest BCUT2D eigenvalue weighted by Crippen LogP contribution is 2.47. The van der Waals surface area contributed by atoms with Gasteiger partial charge in [-0.25, -0.2) is 14.6 Å². The van der Waals surface area contributed by atoms with Crippen LogP contribution < -0.4 is 11.1 Å². The number of pyridine rings is 3. The van der Waals surface area contributed by atoms with E-state index in [1.54, 1.807) is 18.6 Å². The van der Waals surface area contributed by atoms with Crippen LogP contribution in [0.2, 0.25) is 0 Å². The number of aromatic nitrogens is 5. The number of carbonyl (C=O) groups is 1. The minimum atomic E-state index is -0.112. The van der Waals surface area contributed by atoms with Gasteiger partial charge in [-0.05, 0) is 67.8 Å². The first-order valence-electron chi connectivity index (χ1n) is 12.0. The van der Waals surface area contributed by atoms with Crippen molar-refractivity contribution in [3.63, 3.8) is 0 Å². The summed E-state index contributed by atoms with van der Waals surface area (Å²) in [5.74, 6) is 0.856. The third kappa shape index (κ3) is 4.23. The number of ether oxygens (including phenoxy) is 1. The summed E-state index contributed by atoms with van der Waals surface area (Å²) in [6.07, 6.45) is 11.2. The van der Waals surface area contributed by atoms with Gasteiger partial charge in [0, 0.05) is 54.2 Å². The van der Waals surface area contributed by atoms with Gasteiger partial charge in [0.2, 0.25) is 5.91 Å². The van der Waals surface area contributed by atoms with Crippen LogP contribution >= 0.6 is 0 Å². The number of carbonyl (C=O) groups excluding carboxylic acids is 1. The average molecular weight is 470 g/mol. The predicted molar refractivity (Wildman–Crippen MR) is 132 cm³/mol. The van der Waals surface area contributed by atoms with Crippen molar-refractivity contribution in [2.75, 3.05) is 17.7 Å². The average Bonchev–Trinajstić information content (AvgIpc) is 3.53. The zero-order valence-corrected chi connectivity index (χ0v) is 19.5. The number of amides is 1. The standard InChI is InChI=1S/C26H27N7O2/c1-15-5-7-28-13-19(15)22-10-16-11-23(29-14-20(16)25(27)30-22)31-26(34)18-12-17(18)21-6-8-33(32-21)24-4-2-3-9-35-24/h5-8,10-11,13-14,17-18,24H,2-4,9,12H2,1H3,(H2,27,30)(H,29,31,34). The van der Waals surface area contributed by atoms with E-state index in [-0.39, 0.29) is 24.0 Å². The molecule has 0 radical (unpaired) electrons. The second-order valence-corrected chi connectivity index (χ2v) is 9.35. The van der Waals surface area contributed by atoms with E-state index in [0.717, 1.165) is 65.6 Å². The minimum absolute atomic E-state index is 0.00704. The molecule has 1 aliphatic heterocycles. The molecule has 9 heteroatoms. The van der Waals surface area contributed by atoms with Crippen molar-refractivity contribution in [2.24, 2.45) is 5.92 Å². The zero-order chi connectivity index (χ0) is 23.9. The molecule has 1 saturated heterocycles. The molecular weight excluding hydrogens is 442 g/mol. The maximum atomic E-state index is 12.9. The maximum absolute atomic E-state index is 12.9. The number of hydrogen-bond acceptors (Lipinski definition) is 7. The highest BCUT2D eigenvalue weighted by Gasteiger charge is 2.45. The summed E-state index contributed by atoms with van der Waals surface area (Å²) < 4.78 is 7.71. The summed E-state index contributed by atoms with van der Waals surface area (Å²) in [5, 5.41) is 9.28. The molecule has 4 aromatic rings. The van der Waals surface area contributed by atoms with E-state index < -0.39 is 0 Å². The van der Waals surface area contributed by atoms with E-state index in [1.165, 1.54) is 0 Å². The van der Waals surface area contributed by atoms with Gasteiger partial charge in [-0.2, -0.15) is 5.10 Å². The van der Waals surface area contributed by atoms with Crippen LogP contribution in [0, 0.1) is 12.8 Å². The van der Waals surface area contributed by atoms with E-state index >= 15 is 0 Å². The van der Waals surface area contributed by atoms with Gasteiger partial charge < -0.3 is 15.8 Å². The van der Waals surface area contributed by atoms with Crippen LogP contribution in [0.15, 0.2) is 49.1 Å². The van der Waals surface area contributed by atoms with E-state index in [2.05, 4.69) is 20.3 Å². The van der Waals surface area contributed by atoms with E-state index in [0.29, 0.717) is 11.6 Å². The van der Waals surface area contributed by atoms with Crippen molar-refractivity contribution in [2.45, 2.75) is 44.8 Å². The Balaban J connectivity index is 1.18. The van der Waals surface area contributed by atoms with Crippen molar-refractivity contribution in [1.29, 1.82) is 0 Å². The molecule has 5 heterocycles. The monoisotopic (exact) mass is 469 g/mol. The second kappa shape index (κ2) is 8.74. The molecule has 1 amide bonds. The fourth-order valence-electron chi connectivity index (χ4n) is 4.79. The van der Waals surface area contributed by atoms with Crippen molar-refractivity contribution >= 4 is 28.3 Å². The normalized spacial score (nSPS) is 21.7. The van der Waals surface area contributed by atoms with Crippen molar-refractivity contribution in [3.8, 4) is 11.3 Å². The van der Waals surface area contributed by atoms with Gasteiger partial charge in [-0.1, -0.05) is 0 Å². The van der Waals surface area contributed by atoms with Crippen LogP contribution in [0.25, 0.3) is 22.0 Å². The Labute approximate surface area is 202 Å². The second-order valence-electron chi connectivity index (χ2n) is 9.35. The van der Waals surface area contributed by atoms with Gasteiger partial charge in [0.25, 0.3) is 0 Å². The van der Waals surface area contributed by atoms with Crippen LogP contribution in [0.4, 0.5) is 11.6 Å². The molecule has 3 N–H and O–H groups in total. The summed E-state index contributed by atoms with van der Waals surface area (Å²) in [6.45, 7) is 2.78. The van der Waals surface area contributed by atoms with Crippen LogP contribution in [0.1, 0.15) is 49.1 Å². The Kier molecular flexibility index (Phi) is 5.41. The molecule has 6 rings (SSSR count). The first-order valence-corrected chi connectivity index (χ1v) is 12.0. The lowest BCUT2D eigenvalue weighted by molar-refractivity contribution is -0.117. The number of aryl methyl sites for hydroxylation is 1. The lowest BCUT2D eigenvalue weighted by atomic mass is 10.1. The van der Waals surface area contributed by atoms with Crippen LogP contribution in [0.3, 0.4) is 0 Å². The Morgan fingerprint density at radius 2 is 2.14 bits per heavy atom. The molecule has 1 saturated carbocycles. The lowest BCUT2D eigenvalue weighted by Gasteiger charge is -2.22. The minimum Gasteiger partial charge on any atom is -0.383 e. The summed E-state index contributed by atoms with van der Waals surface area (Å²) in [4.78, 5) is 26.1. The van der Waals surface area contributed by atoms with Gasteiger partial charge in [-0.15, -0.1) is 0 Å². The van der Waals surface area contributed by atoms with E-state index in [9.17, 15) is 4.79 Å². The molecule has 3 atom stereocenters. The van der Waals surface area contributed by atoms with E-state index in [1.807, 2.05) is 42.1 Å². The van der Waals surface area contributed by atoms with E-state index in [4.69, 9.17) is 15.6 Å². The third-order valence-corrected chi connectivity index (χ3v) is 6.90. The summed E-state index contributed by atoms with van der Waals surface area (Å²) >= 11 is 0. The lowest BCUT2D eigenvalue weighted by Crippen LogP contribution is -2.18. The number of nitrogens with zero attached hydrogens (tertiary/aromatic N) is 5. The highest BCUT2D eigenvalue weighted by atomic mass is 16.5. The fourth-order valence-corrected chi connectivity index (χ4v) is 4.79. The molecule has 178 valence electrons. The van der Waals surface area contributed by atoms with Gasteiger partial charge in [0.05, 0.1) is 11.4 Å². The number of nitrogen functional groups attached to an aromatic ring is 1. The van der Waals surface area contributed by atoms with Gasteiger partial charge in [0.1, 0.15) is 17.9 Å². The largest absolute Gasteiger partial charge is 0.383 e. The molecule has 1 aliphatic carbocycles. The van der Waals surface area contributed by atoms with Gasteiger partial charge in [0.15, 0.2) is 0 Å². The number of fused-ring (bicyclic) bond motifs is 1. The molecule has 9 nitrogen and oxygen atoms in total. The van der Waals surface area contributed by atoms with Crippen LogP contribution in [0.5, 0.6) is 0 Å². The van der Waals surface area contributed by atoms with Crippen LogP contribution in [-0.2, 0) is 9.53 Å². The quantitative estimate of drug-likeness (QED) is 0.449. The molecule has 0 bridgehead atoms. The summed E-state index contributed by atoms with van der Waals surface area (Å²) in [6, 6.07) is 7.73. The smallest absolute Gasteiger partial charge is 0.229 e. The Hall–Kier alpha value is -3.85. The number of anilines is 2. The Morgan fingerprint density at radius 3 is 2.97 bits per heavy atom. The number of nitrogens with two attached hydrogens (primary N) is 1. The number of nitrogens with one attached hydrogen (secondary N) is 1. The summed E-state index contributed by atoms with van der Waals surface area (Å²) in [5.41, 5.74) is 9.88. The molecule has 0 spiro atoms. The zero-order valence-electron chi connectivity index (χ0n) is 19.5. The first-order chi connectivity index (χ1) is 17.1. The summed E-state index contributed by atoms with van der Waals surface area (Å²) in [7, 11) is 0. The number of rotatable bonds is 5. The van der Waals surface area contributed by atoms with Crippen LogP contribution in [-0.4, -0.2) is 37.2 Å². The Morgan fingerprint density at radius 1 is 1.23 bits per heavy atom. The highest BCUT2D eigenvalue weighted by molar-refractivity contribution is 5.98. The first kappa shape index (κ1) is 21.7. The molecular formula is C26H27N7O2. The molecule has 2 fully saturated rings. The number of hydrogen-bond donors (Lipinski definition) is 2. The predicted octanol–water partition coefficient (Wildman–Crippen LogP) is 4.22. The van der Waals surface area contributed by atoms with Crippen molar-refractivity contribution in [1.82, 2.24) is 24.7 Å². The molecule has 2 aliphatic rings. The van der Waals surface area contributed by atoms with Crippen molar-refractivity contribution in [3.05, 3.63) is 60.3 Å². The maximum Gasteiger partial charge on any atom is 0.229 e. The topological polar surface area (TPSA) is 121 Å². The fraction of sp³-hybridized carbons (Fsp3) is 0.346. The molecule has 4 aromatic heterocycles. The molecule has 0 aromatic carbocycles. The molecule has 3 unspecified atom stereocenters. The molecule has 35 heavy (non-hydrogen) atoms. The third-order valence-electron chi connectivity index (χ3n) is 6.90. The van der Waals surface area contributed by atoms with Crippen molar-refractivity contribution < 1.29 is 9.53 Å². The SMILES string of the molecule is Cc1ccncc1-c1cc2cc(NC(=O)C3CC3c3ccn(C4CCCCO4)n3)ncc2c(N)n1. The van der Waals surface area contributed by atoms with Gasteiger partial charge >= 0.3 is 0 Å².